The third-order valence-corrected chi connectivity index (χ3v) is 2.68. The molecule has 0 aliphatic carbocycles. The summed E-state index contributed by atoms with van der Waals surface area (Å²) in [5.41, 5.74) is 2.06. The third kappa shape index (κ3) is 4.03. The molecule has 2 rings (SSSR count). The number of nitrogens with one attached hydrogen (secondary N) is 1. The Hall–Kier alpha value is -1.94. The molecule has 0 unspecified atom stereocenters. The van der Waals surface area contributed by atoms with Gasteiger partial charge in [0.1, 0.15) is 11.5 Å². The Balaban J connectivity index is 2.13. The molecule has 0 aliphatic rings. The number of hydrogen-bond acceptors (Lipinski definition) is 4. The molecule has 100 valence electrons. The van der Waals surface area contributed by atoms with Crippen molar-refractivity contribution in [3.8, 4) is 11.5 Å². The Morgan fingerprint density at radius 2 is 2.05 bits per heavy atom. The molecule has 0 saturated carbocycles. The predicted octanol–water partition coefficient (Wildman–Crippen LogP) is 3.08. The summed E-state index contributed by atoms with van der Waals surface area (Å²) in [7, 11) is 0. The highest BCUT2D eigenvalue weighted by atomic mass is 16.5. The average Bonchev–Trinajstić information content (AvgIpc) is 2.40. The molecule has 4 heteroatoms. The van der Waals surface area contributed by atoms with Crippen LogP contribution in [-0.4, -0.2) is 16.0 Å². The van der Waals surface area contributed by atoms with E-state index in [4.69, 9.17) is 4.74 Å². The summed E-state index contributed by atoms with van der Waals surface area (Å²) in [6.45, 7) is 6.94. The highest BCUT2D eigenvalue weighted by Crippen LogP contribution is 2.23. The van der Waals surface area contributed by atoms with Crippen LogP contribution in [-0.2, 0) is 6.54 Å². The molecule has 0 aromatic carbocycles. The first-order valence-corrected chi connectivity index (χ1v) is 6.42. The molecule has 0 saturated heterocycles. The molecule has 0 atom stereocenters. The number of ether oxygens (including phenoxy) is 1. The SMILES string of the molecule is Cc1ccc(Oc2cnccc2CNC(C)C)cn1. The zero-order chi connectivity index (χ0) is 13.7. The summed E-state index contributed by atoms with van der Waals surface area (Å²) in [4.78, 5) is 8.33. The molecule has 2 heterocycles. The third-order valence-electron chi connectivity index (χ3n) is 2.68. The van der Waals surface area contributed by atoms with E-state index in [9.17, 15) is 0 Å². The van der Waals surface area contributed by atoms with Crippen LogP contribution in [0.4, 0.5) is 0 Å². The fraction of sp³-hybridized carbons (Fsp3) is 0.333. The topological polar surface area (TPSA) is 47.0 Å². The van der Waals surface area contributed by atoms with Gasteiger partial charge in [-0.3, -0.25) is 9.97 Å². The van der Waals surface area contributed by atoms with Gasteiger partial charge in [-0.15, -0.1) is 0 Å². The van der Waals surface area contributed by atoms with Gasteiger partial charge in [0.15, 0.2) is 0 Å². The lowest BCUT2D eigenvalue weighted by molar-refractivity contribution is 0.464. The summed E-state index contributed by atoms with van der Waals surface area (Å²) in [5, 5.41) is 3.37. The van der Waals surface area contributed by atoms with E-state index in [0.717, 1.165) is 29.3 Å². The van der Waals surface area contributed by atoms with E-state index >= 15 is 0 Å². The van der Waals surface area contributed by atoms with E-state index in [1.165, 1.54) is 0 Å². The molecule has 1 N–H and O–H groups in total. The van der Waals surface area contributed by atoms with Crippen LogP contribution in [0.5, 0.6) is 11.5 Å². The lowest BCUT2D eigenvalue weighted by Crippen LogP contribution is -2.22. The molecule has 0 fully saturated rings. The van der Waals surface area contributed by atoms with Gasteiger partial charge in [0.25, 0.3) is 0 Å². The van der Waals surface area contributed by atoms with Gasteiger partial charge >= 0.3 is 0 Å². The summed E-state index contributed by atoms with van der Waals surface area (Å²) < 4.78 is 5.83. The maximum Gasteiger partial charge on any atom is 0.150 e. The van der Waals surface area contributed by atoms with E-state index in [1.54, 1.807) is 18.6 Å². The minimum atomic E-state index is 0.432. The second-order valence-corrected chi connectivity index (χ2v) is 4.76. The Labute approximate surface area is 113 Å². The molecule has 2 aromatic rings. The van der Waals surface area contributed by atoms with Crippen molar-refractivity contribution < 1.29 is 4.74 Å². The number of pyridine rings is 2. The quantitative estimate of drug-likeness (QED) is 0.894. The van der Waals surface area contributed by atoms with E-state index in [0.29, 0.717) is 6.04 Å². The Bertz CT molecular complexity index is 523. The first-order chi connectivity index (χ1) is 9.15. The van der Waals surface area contributed by atoms with Gasteiger partial charge in [0.05, 0.1) is 12.4 Å². The molecule has 0 spiro atoms. The number of aromatic nitrogens is 2. The van der Waals surface area contributed by atoms with Crippen LogP contribution >= 0.6 is 0 Å². The van der Waals surface area contributed by atoms with Crippen molar-refractivity contribution in [1.29, 1.82) is 0 Å². The monoisotopic (exact) mass is 257 g/mol. The number of aryl methyl sites for hydroxylation is 1. The Kier molecular flexibility index (Phi) is 4.47. The largest absolute Gasteiger partial charge is 0.454 e. The molecular weight excluding hydrogens is 238 g/mol. The van der Waals surface area contributed by atoms with Crippen LogP contribution in [0.2, 0.25) is 0 Å². The van der Waals surface area contributed by atoms with E-state index in [1.807, 2.05) is 25.1 Å². The van der Waals surface area contributed by atoms with E-state index in [-0.39, 0.29) is 0 Å². The zero-order valence-corrected chi connectivity index (χ0v) is 11.6. The summed E-state index contributed by atoms with van der Waals surface area (Å²) in [6, 6.07) is 6.24. The van der Waals surface area contributed by atoms with Gasteiger partial charge in [-0.2, -0.15) is 0 Å². The second-order valence-electron chi connectivity index (χ2n) is 4.76. The van der Waals surface area contributed by atoms with E-state index in [2.05, 4.69) is 29.1 Å². The lowest BCUT2D eigenvalue weighted by atomic mass is 10.2. The minimum absolute atomic E-state index is 0.432. The second kappa shape index (κ2) is 6.29. The van der Waals surface area contributed by atoms with Crippen LogP contribution in [0, 0.1) is 6.92 Å². The van der Waals surface area contributed by atoms with Crippen molar-refractivity contribution in [2.45, 2.75) is 33.4 Å². The lowest BCUT2D eigenvalue weighted by Gasteiger charge is -2.12. The highest BCUT2D eigenvalue weighted by molar-refractivity contribution is 5.34. The molecular formula is C15H19N3O. The maximum absolute atomic E-state index is 5.83. The van der Waals surface area contributed by atoms with Crippen molar-refractivity contribution in [3.05, 3.63) is 48.0 Å². The van der Waals surface area contributed by atoms with Gasteiger partial charge in [0, 0.05) is 30.0 Å². The van der Waals surface area contributed by atoms with Crippen LogP contribution in [0.25, 0.3) is 0 Å². The van der Waals surface area contributed by atoms with Crippen LogP contribution in [0.1, 0.15) is 25.1 Å². The number of nitrogens with zero attached hydrogens (tertiary/aromatic N) is 2. The molecule has 2 aromatic heterocycles. The zero-order valence-electron chi connectivity index (χ0n) is 11.6. The first kappa shape index (κ1) is 13.5. The standard InChI is InChI=1S/C15H19N3O/c1-11(2)17-8-13-6-7-16-10-15(13)19-14-5-4-12(3)18-9-14/h4-7,9-11,17H,8H2,1-3H3. The fourth-order valence-corrected chi connectivity index (χ4v) is 1.60. The van der Waals surface area contributed by atoms with Gasteiger partial charge in [-0.25, -0.2) is 0 Å². The van der Waals surface area contributed by atoms with Crippen LogP contribution < -0.4 is 10.1 Å². The first-order valence-electron chi connectivity index (χ1n) is 6.42. The molecule has 19 heavy (non-hydrogen) atoms. The molecule has 0 amide bonds. The average molecular weight is 257 g/mol. The van der Waals surface area contributed by atoms with Crippen LogP contribution in [0.3, 0.4) is 0 Å². The smallest absolute Gasteiger partial charge is 0.150 e. The van der Waals surface area contributed by atoms with Gasteiger partial charge in [0.2, 0.25) is 0 Å². The number of hydrogen-bond donors (Lipinski definition) is 1. The van der Waals surface area contributed by atoms with Gasteiger partial charge in [-0.1, -0.05) is 13.8 Å². The van der Waals surface area contributed by atoms with Crippen LogP contribution in [0.15, 0.2) is 36.8 Å². The Morgan fingerprint density at radius 1 is 1.21 bits per heavy atom. The van der Waals surface area contributed by atoms with Gasteiger partial charge in [-0.05, 0) is 25.1 Å². The highest BCUT2D eigenvalue weighted by Gasteiger charge is 2.06. The van der Waals surface area contributed by atoms with Gasteiger partial charge < -0.3 is 10.1 Å². The molecule has 0 radical (unpaired) electrons. The Morgan fingerprint density at radius 3 is 2.74 bits per heavy atom. The van der Waals surface area contributed by atoms with Crippen molar-refractivity contribution in [2.24, 2.45) is 0 Å². The van der Waals surface area contributed by atoms with Crippen molar-refractivity contribution in [3.63, 3.8) is 0 Å². The molecule has 0 bridgehead atoms. The van der Waals surface area contributed by atoms with E-state index < -0.39 is 0 Å². The van der Waals surface area contributed by atoms with Crippen molar-refractivity contribution in [2.75, 3.05) is 0 Å². The normalized spacial score (nSPS) is 10.7. The summed E-state index contributed by atoms with van der Waals surface area (Å²) >= 11 is 0. The van der Waals surface area contributed by atoms with Crippen molar-refractivity contribution in [1.82, 2.24) is 15.3 Å². The minimum Gasteiger partial charge on any atom is -0.454 e. The molecule has 0 aliphatic heterocycles. The maximum atomic E-state index is 5.83. The summed E-state index contributed by atoms with van der Waals surface area (Å²) in [6.07, 6.45) is 5.23. The molecule has 4 nitrogen and oxygen atoms in total. The fourth-order valence-electron chi connectivity index (χ4n) is 1.60. The number of rotatable bonds is 5. The summed E-state index contributed by atoms with van der Waals surface area (Å²) in [5.74, 6) is 1.49. The van der Waals surface area contributed by atoms with Crippen molar-refractivity contribution >= 4 is 0 Å². The predicted molar refractivity (Wildman–Crippen MR) is 75.3 cm³/mol.